The Morgan fingerprint density at radius 3 is 1.54 bits per heavy atom. The minimum absolute atomic E-state index is 0.628. The number of rotatable bonds is 6. The van der Waals surface area contributed by atoms with Crippen molar-refractivity contribution in [2.75, 3.05) is 0 Å². The van der Waals surface area contributed by atoms with Crippen molar-refractivity contribution in [1.29, 1.82) is 0 Å². The van der Waals surface area contributed by atoms with E-state index in [0.717, 1.165) is 44.5 Å². The summed E-state index contributed by atoms with van der Waals surface area (Å²) >= 11 is 0. The molecule has 12 aromatic rings. The van der Waals surface area contributed by atoms with Crippen LogP contribution in [-0.2, 0) is 0 Å². The summed E-state index contributed by atoms with van der Waals surface area (Å²) in [7, 11) is 0. The molecule has 0 amide bonds. The van der Waals surface area contributed by atoms with Gasteiger partial charge in [0.15, 0.2) is 17.5 Å². The quantitative estimate of drug-likeness (QED) is 0.169. The molecule has 0 saturated heterocycles. The molecular formula is C57H36N4. The number of aromatic nitrogens is 4. The standard InChI is InChI=1S/C57H36N4/c1-2-11-37(12-3-1)39-21-24-43(25-22-39)55-58-56(60-57(59-55)47-26-23-38-13-4-5-16-44(38)36-47)46-18-10-17-45(35-46)40-27-31-48(32-28-40)61-52-34-30-41-14-6-8-19-49(41)53(52)51-33-29-42-15-7-9-20-50(42)54(51)61/h1-36H. The van der Waals surface area contributed by atoms with E-state index in [9.17, 15) is 0 Å². The van der Waals surface area contributed by atoms with Crippen LogP contribution in [0.4, 0.5) is 0 Å². The third kappa shape index (κ3) is 6.04. The summed E-state index contributed by atoms with van der Waals surface area (Å²) in [5.74, 6) is 1.90. The zero-order valence-corrected chi connectivity index (χ0v) is 33.1. The monoisotopic (exact) mass is 776 g/mol. The van der Waals surface area contributed by atoms with Gasteiger partial charge in [0.1, 0.15) is 0 Å². The van der Waals surface area contributed by atoms with Crippen LogP contribution in [0, 0.1) is 0 Å². The van der Waals surface area contributed by atoms with Crippen molar-refractivity contribution < 1.29 is 0 Å². The van der Waals surface area contributed by atoms with Crippen LogP contribution in [0.1, 0.15) is 0 Å². The number of hydrogen-bond acceptors (Lipinski definition) is 3. The Hall–Kier alpha value is -8.21. The summed E-state index contributed by atoms with van der Waals surface area (Å²) < 4.78 is 2.44. The Morgan fingerprint density at radius 1 is 0.279 bits per heavy atom. The Kier molecular flexibility index (Phi) is 8.13. The van der Waals surface area contributed by atoms with E-state index in [-0.39, 0.29) is 0 Å². The van der Waals surface area contributed by atoms with Crippen molar-refractivity contribution in [1.82, 2.24) is 19.5 Å². The largest absolute Gasteiger partial charge is 0.309 e. The molecule has 0 aliphatic rings. The van der Waals surface area contributed by atoms with E-state index < -0.39 is 0 Å². The van der Waals surface area contributed by atoms with E-state index in [1.165, 1.54) is 54.3 Å². The van der Waals surface area contributed by atoms with E-state index in [1.54, 1.807) is 0 Å². The zero-order valence-electron chi connectivity index (χ0n) is 33.1. The van der Waals surface area contributed by atoms with Crippen molar-refractivity contribution in [3.63, 3.8) is 0 Å². The van der Waals surface area contributed by atoms with Crippen molar-refractivity contribution in [3.05, 3.63) is 218 Å². The fraction of sp³-hybridized carbons (Fsp3) is 0. The minimum Gasteiger partial charge on any atom is -0.309 e. The molecule has 284 valence electrons. The Morgan fingerprint density at radius 2 is 0.770 bits per heavy atom. The first-order valence-corrected chi connectivity index (χ1v) is 20.7. The highest BCUT2D eigenvalue weighted by molar-refractivity contribution is 6.26. The lowest BCUT2D eigenvalue weighted by Crippen LogP contribution is -2.00. The maximum absolute atomic E-state index is 5.13. The van der Waals surface area contributed by atoms with E-state index in [4.69, 9.17) is 15.0 Å². The molecule has 4 heteroatoms. The second kappa shape index (κ2) is 14.3. The van der Waals surface area contributed by atoms with Gasteiger partial charge in [0.25, 0.3) is 0 Å². The van der Waals surface area contributed by atoms with Gasteiger partial charge in [-0.1, -0.05) is 188 Å². The molecule has 0 saturated carbocycles. The van der Waals surface area contributed by atoms with E-state index in [1.807, 2.05) is 6.07 Å². The molecular weight excluding hydrogens is 741 g/mol. The van der Waals surface area contributed by atoms with Gasteiger partial charge < -0.3 is 4.57 Å². The van der Waals surface area contributed by atoms with Crippen LogP contribution >= 0.6 is 0 Å². The molecule has 0 aliphatic carbocycles. The van der Waals surface area contributed by atoms with Gasteiger partial charge >= 0.3 is 0 Å². The summed E-state index contributed by atoms with van der Waals surface area (Å²) in [6.07, 6.45) is 0. The second-order valence-corrected chi connectivity index (χ2v) is 15.6. The highest BCUT2D eigenvalue weighted by atomic mass is 15.0. The molecule has 4 nitrogen and oxygen atoms in total. The van der Waals surface area contributed by atoms with Crippen molar-refractivity contribution >= 4 is 54.1 Å². The average molecular weight is 777 g/mol. The first kappa shape index (κ1) is 34.8. The van der Waals surface area contributed by atoms with Crippen molar-refractivity contribution in [2.24, 2.45) is 0 Å². The molecule has 0 aliphatic heterocycles. The van der Waals surface area contributed by atoms with Crippen LogP contribution in [0.15, 0.2) is 218 Å². The SMILES string of the molecule is c1ccc(-c2ccc(-c3nc(-c4cccc(-c5ccc(-n6c7ccc8ccccc8c7c7ccc8ccccc8c76)cc5)c4)nc(-c4ccc5ccccc5c4)n3)cc2)cc1. The van der Waals surface area contributed by atoms with Crippen molar-refractivity contribution in [3.8, 4) is 62.1 Å². The molecule has 0 bridgehead atoms. The van der Waals surface area contributed by atoms with Gasteiger partial charge in [-0.25, -0.2) is 15.0 Å². The molecule has 10 aromatic carbocycles. The van der Waals surface area contributed by atoms with E-state index in [0.29, 0.717) is 17.5 Å². The smallest absolute Gasteiger partial charge is 0.164 e. The molecule has 0 N–H and O–H groups in total. The van der Waals surface area contributed by atoms with Crippen molar-refractivity contribution in [2.45, 2.75) is 0 Å². The third-order valence-corrected chi connectivity index (χ3v) is 12.0. The summed E-state index contributed by atoms with van der Waals surface area (Å²) in [4.78, 5) is 15.3. The number of hydrogen-bond donors (Lipinski definition) is 0. The minimum atomic E-state index is 0.628. The van der Waals surface area contributed by atoms with Gasteiger partial charge in [-0.2, -0.15) is 0 Å². The number of benzene rings is 10. The second-order valence-electron chi connectivity index (χ2n) is 15.6. The van der Waals surface area contributed by atoms with Crippen LogP contribution < -0.4 is 0 Å². The highest BCUT2D eigenvalue weighted by Gasteiger charge is 2.18. The predicted molar refractivity (Wildman–Crippen MR) is 254 cm³/mol. The maximum atomic E-state index is 5.13. The Balaban J connectivity index is 0.962. The van der Waals surface area contributed by atoms with Crippen LogP contribution in [0.2, 0.25) is 0 Å². The summed E-state index contributed by atoms with van der Waals surface area (Å²) in [5, 5.41) is 9.83. The first-order valence-electron chi connectivity index (χ1n) is 20.7. The zero-order chi connectivity index (χ0) is 40.3. The molecule has 2 aromatic heterocycles. The summed E-state index contributed by atoms with van der Waals surface area (Å²) in [5.41, 5.74) is 10.9. The molecule has 0 fully saturated rings. The Bertz CT molecular complexity index is 3620. The van der Waals surface area contributed by atoms with Crippen LogP contribution in [0.3, 0.4) is 0 Å². The van der Waals surface area contributed by atoms with E-state index in [2.05, 4.69) is 217 Å². The Labute approximate surface area is 352 Å². The lowest BCUT2D eigenvalue weighted by atomic mass is 10.0. The molecule has 0 unspecified atom stereocenters. The number of nitrogens with zero attached hydrogens (tertiary/aromatic N) is 4. The van der Waals surface area contributed by atoms with Gasteiger partial charge in [-0.3, -0.25) is 0 Å². The number of fused-ring (bicyclic) bond motifs is 8. The van der Waals surface area contributed by atoms with Gasteiger partial charge in [0.05, 0.1) is 11.0 Å². The lowest BCUT2D eigenvalue weighted by molar-refractivity contribution is 1.07. The van der Waals surface area contributed by atoms with Crippen LogP contribution in [0.25, 0.3) is 116 Å². The van der Waals surface area contributed by atoms with Gasteiger partial charge in [-0.15, -0.1) is 0 Å². The summed E-state index contributed by atoms with van der Waals surface area (Å²) in [6, 6.07) is 77.6. The predicted octanol–water partition coefficient (Wildman–Crippen LogP) is 14.8. The molecule has 0 radical (unpaired) electrons. The van der Waals surface area contributed by atoms with Gasteiger partial charge in [0, 0.05) is 38.5 Å². The van der Waals surface area contributed by atoms with Gasteiger partial charge in [-0.05, 0) is 79.5 Å². The van der Waals surface area contributed by atoms with Crippen LogP contribution in [-0.4, -0.2) is 19.5 Å². The van der Waals surface area contributed by atoms with Gasteiger partial charge in [0.2, 0.25) is 0 Å². The van der Waals surface area contributed by atoms with E-state index >= 15 is 0 Å². The topological polar surface area (TPSA) is 43.6 Å². The van der Waals surface area contributed by atoms with Crippen LogP contribution in [0.5, 0.6) is 0 Å². The maximum Gasteiger partial charge on any atom is 0.164 e. The average Bonchev–Trinajstić information content (AvgIpc) is 3.69. The molecule has 0 atom stereocenters. The third-order valence-electron chi connectivity index (χ3n) is 12.0. The molecule has 2 heterocycles. The molecule has 0 spiro atoms. The lowest BCUT2D eigenvalue weighted by Gasteiger charge is -2.12. The first-order chi connectivity index (χ1) is 30.2. The summed E-state index contributed by atoms with van der Waals surface area (Å²) in [6.45, 7) is 0. The highest BCUT2D eigenvalue weighted by Crippen LogP contribution is 2.40. The normalized spacial score (nSPS) is 11.6. The molecule has 61 heavy (non-hydrogen) atoms. The molecule has 12 rings (SSSR count). The fourth-order valence-corrected chi connectivity index (χ4v) is 8.99. The fourth-order valence-electron chi connectivity index (χ4n) is 8.99.